The van der Waals surface area contributed by atoms with Crippen LogP contribution in [0.5, 0.6) is 5.75 Å². The number of aliphatic hydroxyl groups excluding tert-OH is 1. The normalized spacial score (nSPS) is 20.9. The minimum atomic E-state index is -0.817. The highest BCUT2D eigenvalue weighted by molar-refractivity contribution is 6.46. The Morgan fingerprint density at radius 1 is 1.12 bits per heavy atom. The quantitative estimate of drug-likeness (QED) is 0.394. The lowest BCUT2D eigenvalue weighted by molar-refractivity contribution is -0.140. The first kappa shape index (κ1) is 22.9. The Morgan fingerprint density at radius 2 is 1.85 bits per heavy atom. The molecule has 2 aromatic rings. The van der Waals surface area contributed by atoms with Crippen LogP contribution in [0.2, 0.25) is 0 Å². The molecule has 0 saturated carbocycles. The van der Waals surface area contributed by atoms with Crippen molar-refractivity contribution < 1.29 is 28.6 Å². The van der Waals surface area contributed by atoms with Gasteiger partial charge in [-0.15, -0.1) is 0 Å². The molecule has 1 N–H and O–H groups in total. The summed E-state index contributed by atoms with van der Waals surface area (Å²) in [5.74, 6) is -1.60. The first-order chi connectivity index (χ1) is 16.0. The average Bonchev–Trinajstić information content (AvgIpc) is 3.08. The molecular formula is C25H27FN2O5. The number of ketones is 1. The summed E-state index contributed by atoms with van der Waals surface area (Å²) in [5.41, 5.74) is 0.918. The van der Waals surface area contributed by atoms with Crippen LogP contribution >= 0.6 is 0 Å². The van der Waals surface area contributed by atoms with Crippen molar-refractivity contribution in [2.75, 3.05) is 46.0 Å². The van der Waals surface area contributed by atoms with E-state index in [-0.39, 0.29) is 11.3 Å². The van der Waals surface area contributed by atoms with Gasteiger partial charge in [-0.3, -0.25) is 14.5 Å². The third kappa shape index (κ3) is 4.91. The topological polar surface area (TPSA) is 79.3 Å². The van der Waals surface area contributed by atoms with Gasteiger partial charge in [-0.1, -0.05) is 24.3 Å². The highest BCUT2D eigenvalue weighted by atomic mass is 19.1. The number of hydrogen-bond donors (Lipinski definition) is 1. The predicted molar refractivity (Wildman–Crippen MR) is 120 cm³/mol. The summed E-state index contributed by atoms with van der Waals surface area (Å²) in [6.07, 6.45) is 0. The second-order valence-corrected chi connectivity index (χ2v) is 7.96. The molecule has 0 aliphatic carbocycles. The molecule has 1 amide bonds. The number of ether oxygens (including phenoxy) is 2. The lowest BCUT2D eigenvalue weighted by Crippen LogP contribution is -2.42. The van der Waals surface area contributed by atoms with E-state index in [4.69, 9.17) is 9.47 Å². The number of morpholine rings is 1. The number of halogens is 1. The van der Waals surface area contributed by atoms with Gasteiger partial charge in [0.2, 0.25) is 0 Å². The minimum Gasteiger partial charge on any atom is -0.507 e. The van der Waals surface area contributed by atoms with Crippen molar-refractivity contribution in [3.63, 3.8) is 0 Å². The molecule has 2 heterocycles. The molecule has 1 unspecified atom stereocenters. The molecule has 0 radical (unpaired) electrons. The average molecular weight is 454 g/mol. The summed E-state index contributed by atoms with van der Waals surface area (Å²) in [6.45, 7) is 5.89. The molecule has 0 bridgehead atoms. The van der Waals surface area contributed by atoms with Crippen molar-refractivity contribution in [3.8, 4) is 5.75 Å². The van der Waals surface area contributed by atoms with Gasteiger partial charge in [0, 0.05) is 31.7 Å². The summed E-state index contributed by atoms with van der Waals surface area (Å²) in [4.78, 5) is 29.8. The van der Waals surface area contributed by atoms with Crippen molar-refractivity contribution in [1.82, 2.24) is 9.80 Å². The Hall–Kier alpha value is -3.23. The number of rotatable bonds is 7. The van der Waals surface area contributed by atoms with Gasteiger partial charge in [0.1, 0.15) is 17.3 Å². The summed E-state index contributed by atoms with van der Waals surface area (Å²) in [7, 11) is 0. The van der Waals surface area contributed by atoms with E-state index in [0.717, 1.165) is 13.1 Å². The Morgan fingerprint density at radius 3 is 2.55 bits per heavy atom. The van der Waals surface area contributed by atoms with Crippen LogP contribution in [0.3, 0.4) is 0 Å². The second-order valence-electron chi connectivity index (χ2n) is 7.96. The fourth-order valence-electron chi connectivity index (χ4n) is 4.23. The molecule has 174 valence electrons. The van der Waals surface area contributed by atoms with E-state index in [1.807, 2.05) is 6.92 Å². The zero-order chi connectivity index (χ0) is 23.4. The molecule has 0 spiro atoms. The third-order valence-corrected chi connectivity index (χ3v) is 5.91. The van der Waals surface area contributed by atoms with Gasteiger partial charge in [0.15, 0.2) is 0 Å². The molecule has 2 fully saturated rings. The van der Waals surface area contributed by atoms with E-state index in [1.165, 1.54) is 29.2 Å². The van der Waals surface area contributed by atoms with Crippen LogP contribution in [0.15, 0.2) is 54.1 Å². The van der Waals surface area contributed by atoms with Gasteiger partial charge in [-0.2, -0.15) is 0 Å². The van der Waals surface area contributed by atoms with Crippen LogP contribution in [0, 0.1) is 5.82 Å². The maximum absolute atomic E-state index is 13.6. The number of hydrogen-bond acceptors (Lipinski definition) is 6. The maximum Gasteiger partial charge on any atom is 0.295 e. The highest BCUT2D eigenvalue weighted by Gasteiger charge is 2.46. The van der Waals surface area contributed by atoms with Crippen molar-refractivity contribution in [2.24, 2.45) is 0 Å². The van der Waals surface area contributed by atoms with Gasteiger partial charge in [0.05, 0.1) is 31.4 Å². The number of carbonyl (C=O) groups excluding carboxylic acids is 2. The molecule has 2 aliphatic heterocycles. The van der Waals surface area contributed by atoms with Gasteiger partial charge in [-0.25, -0.2) is 4.39 Å². The van der Waals surface area contributed by atoms with E-state index >= 15 is 0 Å². The minimum absolute atomic E-state index is 0.0118. The zero-order valence-corrected chi connectivity index (χ0v) is 18.5. The Labute approximate surface area is 192 Å². The summed E-state index contributed by atoms with van der Waals surface area (Å²) in [5, 5.41) is 11.1. The number of amides is 1. The number of Topliss-reactive ketones (excluding diaryl/α,β-unsaturated/α-hetero) is 1. The van der Waals surface area contributed by atoms with Crippen LogP contribution in [0.4, 0.5) is 4.39 Å². The number of aliphatic hydroxyl groups is 1. The lowest BCUT2D eigenvalue weighted by Gasteiger charge is -2.31. The molecule has 1 atom stereocenters. The van der Waals surface area contributed by atoms with Crippen LogP contribution in [0.25, 0.3) is 5.76 Å². The number of benzene rings is 2. The summed E-state index contributed by atoms with van der Waals surface area (Å²) in [6, 6.07) is 11.6. The van der Waals surface area contributed by atoms with Gasteiger partial charge >= 0.3 is 0 Å². The summed E-state index contributed by atoms with van der Waals surface area (Å²) < 4.78 is 24.5. The standard InChI is InChI=1S/C25H27FN2O5/c1-2-33-20-5-3-4-18(16-20)23(29)21-22(17-6-8-19(26)9-7-17)28(25(31)24(21)30)11-10-27-12-14-32-15-13-27/h3-9,16,22,29H,2,10-15H2,1H3/b23-21+. The second kappa shape index (κ2) is 10.1. The maximum atomic E-state index is 13.6. The first-order valence-electron chi connectivity index (χ1n) is 11.1. The largest absolute Gasteiger partial charge is 0.507 e. The van der Waals surface area contributed by atoms with E-state index < -0.39 is 23.5 Å². The van der Waals surface area contributed by atoms with Crippen molar-refractivity contribution in [2.45, 2.75) is 13.0 Å². The molecular weight excluding hydrogens is 427 g/mol. The SMILES string of the molecule is CCOc1cccc(/C(O)=C2\C(=O)C(=O)N(CCN3CCOCC3)C2c2ccc(F)cc2)c1. The first-order valence-corrected chi connectivity index (χ1v) is 11.1. The molecule has 2 saturated heterocycles. The highest BCUT2D eigenvalue weighted by Crippen LogP contribution is 2.39. The molecule has 4 rings (SSSR count). The van der Waals surface area contributed by atoms with Crippen molar-refractivity contribution in [1.29, 1.82) is 0 Å². The van der Waals surface area contributed by atoms with Gasteiger partial charge in [0.25, 0.3) is 11.7 Å². The van der Waals surface area contributed by atoms with Crippen LogP contribution in [-0.2, 0) is 14.3 Å². The fourth-order valence-corrected chi connectivity index (χ4v) is 4.23. The van der Waals surface area contributed by atoms with E-state index in [0.29, 0.717) is 49.8 Å². The van der Waals surface area contributed by atoms with E-state index in [2.05, 4.69) is 4.90 Å². The molecule has 2 aliphatic rings. The molecule has 8 heteroatoms. The van der Waals surface area contributed by atoms with E-state index in [1.54, 1.807) is 24.3 Å². The van der Waals surface area contributed by atoms with Gasteiger partial charge in [-0.05, 0) is 36.8 Å². The number of carbonyl (C=O) groups is 2. The molecule has 7 nitrogen and oxygen atoms in total. The van der Waals surface area contributed by atoms with Crippen molar-refractivity contribution >= 4 is 17.4 Å². The Balaban J connectivity index is 1.73. The monoisotopic (exact) mass is 454 g/mol. The molecule has 0 aromatic heterocycles. The molecule has 2 aromatic carbocycles. The number of likely N-dealkylation sites (tertiary alicyclic amines) is 1. The van der Waals surface area contributed by atoms with Crippen molar-refractivity contribution in [3.05, 3.63) is 71.0 Å². The van der Waals surface area contributed by atoms with E-state index in [9.17, 15) is 19.1 Å². The van der Waals surface area contributed by atoms with Crippen LogP contribution < -0.4 is 4.74 Å². The lowest BCUT2D eigenvalue weighted by atomic mass is 9.95. The number of nitrogens with zero attached hydrogens (tertiary/aromatic N) is 2. The fraction of sp³-hybridized carbons (Fsp3) is 0.360. The van der Waals surface area contributed by atoms with Crippen LogP contribution in [-0.4, -0.2) is 72.6 Å². The molecule has 33 heavy (non-hydrogen) atoms. The zero-order valence-electron chi connectivity index (χ0n) is 18.5. The Kier molecular flexibility index (Phi) is 7.05. The predicted octanol–water partition coefficient (Wildman–Crippen LogP) is 2.98. The Bertz CT molecular complexity index is 1050. The smallest absolute Gasteiger partial charge is 0.295 e. The van der Waals surface area contributed by atoms with Crippen LogP contribution in [0.1, 0.15) is 24.1 Å². The third-order valence-electron chi connectivity index (χ3n) is 5.91. The summed E-state index contributed by atoms with van der Waals surface area (Å²) >= 11 is 0. The van der Waals surface area contributed by atoms with Gasteiger partial charge < -0.3 is 19.5 Å².